The van der Waals surface area contributed by atoms with Gasteiger partial charge in [0, 0.05) is 19.1 Å². The van der Waals surface area contributed by atoms with Crippen molar-refractivity contribution in [2.45, 2.75) is 26.3 Å². The molecule has 1 aliphatic rings. The highest BCUT2D eigenvalue weighted by Gasteiger charge is 2.26. The minimum Gasteiger partial charge on any atom is -0.466 e. The van der Waals surface area contributed by atoms with Crippen molar-refractivity contribution in [2.75, 3.05) is 32.9 Å². The van der Waals surface area contributed by atoms with E-state index in [2.05, 4.69) is 4.90 Å². The minimum absolute atomic E-state index is 0.164. The van der Waals surface area contributed by atoms with Crippen LogP contribution >= 0.6 is 0 Å². The average Bonchev–Trinajstić information content (AvgIpc) is 2.49. The molecule has 116 valence electrons. The van der Waals surface area contributed by atoms with Crippen molar-refractivity contribution in [1.82, 2.24) is 4.90 Å². The Hall–Kier alpha value is -1.46. The first-order valence-corrected chi connectivity index (χ1v) is 7.35. The number of nitrogens with zero attached hydrogens (tertiary/aromatic N) is 1. The summed E-state index contributed by atoms with van der Waals surface area (Å²) in [6.45, 7) is 6.61. The number of ether oxygens (including phenoxy) is 2. The zero-order valence-corrected chi connectivity index (χ0v) is 12.6. The van der Waals surface area contributed by atoms with Crippen LogP contribution < -0.4 is 0 Å². The number of aryl methyl sites for hydroxylation is 1. The second kappa shape index (κ2) is 7.52. The topological polar surface area (TPSA) is 38.8 Å². The van der Waals surface area contributed by atoms with E-state index in [9.17, 15) is 9.18 Å². The van der Waals surface area contributed by atoms with Gasteiger partial charge in [-0.2, -0.15) is 0 Å². The van der Waals surface area contributed by atoms with Gasteiger partial charge in [-0.05, 0) is 31.0 Å². The number of hydrogen-bond acceptors (Lipinski definition) is 4. The van der Waals surface area contributed by atoms with E-state index in [1.54, 1.807) is 19.9 Å². The maximum absolute atomic E-state index is 13.8. The molecule has 0 spiro atoms. The molecule has 1 unspecified atom stereocenters. The van der Waals surface area contributed by atoms with Crippen LogP contribution in [0.2, 0.25) is 0 Å². The third kappa shape index (κ3) is 4.25. The number of morpholine rings is 1. The number of carbonyl (C=O) groups excluding carboxylic acids is 1. The fourth-order valence-corrected chi connectivity index (χ4v) is 2.54. The summed E-state index contributed by atoms with van der Waals surface area (Å²) >= 11 is 0. The molecule has 0 amide bonds. The van der Waals surface area contributed by atoms with Crippen molar-refractivity contribution in [2.24, 2.45) is 0 Å². The van der Waals surface area contributed by atoms with Gasteiger partial charge in [-0.1, -0.05) is 12.1 Å². The lowest BCUT2D eigenvalue weighted by atomic mass is 10.00. The summed E-state index contributed by atoms with van der Waals surface area (Å²) < 4.78 is 24.2. The number of halogens is 1. The lowest BCUT2D eigenvalue weighted by Crippen LogP contribution is -2.40. The third-order valence-corrected chi connectivity index (χ3v) is 3.73. The zero-order chi connectivity index (χ0) is 15.2. The Morgan fingerprint density at radius 3 is 2.76 bits per heavy atom. The molecule has 21 heavy (non-hydrogen) atoms. The van der Waals surface area contributed by atoms with Crippen LogP contribution in [0.3, 0.4) is 0 Å². The van der Waals surface area contributed by atoms with Crippen LogP contribution in [0.5, 0.6) is 0 Å². The van der Waals surface area contributed by atoms with Gasteiger partial charge < -0.3 is 9.47 Å². The van der Waals surface area contributed by atoms with Crippen molar-refractivity contribution in [3.8, 4) is 0 Å². The second-order valence-electron chi connectivity index (χ2n) is 5.18. The fourth-order valence-electron chi connectivity index (χ4n) is 2.54. The molecule has 2 rings (SSSR count). The molecule has 1 aromatic carbocycles. The number of carbonyl (C=O) groups is 1. The number of hydrogen-bond donors (Lipinski definition) is 0. The molecule has 5 heteroatoms. The van der Waals surface area contributed by atoms with Crippen molar-refractivity contribution in [1.29, 1.82) is 0 Å². The Balaban J connectivity index is 2.20. The summed E-state index contributed by atoms with van der Waals surface area (Å²) in [4.78, 5) is 14.0. The first-order valence-electron chi connectivity index (χ1n) is 7.35. The number of benzene rings is 1. The van der Waals surface area contributed by atoms with Gasteiger partial charge in [0.1, 0.15) is 5.82 Å². The molecular weight excluding hydrogens is 273 g/mol. The fraction of sp³-hybridized carbons (Fsp3) is 0.562. The molecule has 4 nitrogen and oxygen atoms in total. The van der Waals surface area contributed by atoms with Gasteiger partial charge in [0.05, 0.1) is 26.2 Å². The van der Waals surface area contributed by atoms with E-state index >= 15 is 0 Å². The Labute approximate surface area is 124 Å². The molecule has 1 aliphatic heterocycles. The lowest BCUT2D eigenvalue weighted by molar-refractivity contribution is -0.145. The summed E-state index contributed by atoms with van der Waals surface area (Å²) in [5.41, 5.74) is 1.42. The Morgan fingerprint density at radius 2 is 2.14 bits per heavy atom. The molecule has 0 saturated carbocycles. The van der Waals surface area contributed by atoms with E-state index in [-0.39, 0.29) is 24.2 Å². The molecular formula is C16H22FNO3. The smallest absolute Gasteiger partial charge is 0.307 e. The maximum atomic E-state index is 13.8. The van der Waals surface area contributed by atoms with Gasteiger partial charge in [-0.3, -0.25) is 9.69 Å². The average molecular weight is 295 g/mol. The molecule has 1 saturated heterocycles. The SMILES string of the molecule is CCOC(=O)CC(c1ccc(C)c(F)c1)N1CCOCC1. The second-order valence-corrected chi connectivity index (χ2v) is 5.18. The molecule has 0 aliphatic carbocycles. The highest BCUT2D eigenvalue weighted by atomic mass is 19.1. The van der Waals surface area contributed by atoms with Gasteiger partial charge >= 0.3 is 5.97 Å². The quantitative estimate of drug-likeness (QED) is 0.782. The van der Waals surface area contributed by atoms with Crippen molar-refractivity contribution >= 4 is 5.97 Å². The van der Waals surface area contributed by atoms with Crippen LogP contribution in [0, 0.1) is 12.7 Å². The zero-order valence-electron chi connectivity index (χ0n) is 12.6. The molecule has 1 atom stereocenters. The normalized spacial score (nSPS) is 17.5. The standard InChI is InChI=1S/C16H22FNO3/c1-3-21-16(19)11-15(18-6-8-20-9-7-18)13-5-4-12(2)14(17)10-13/h4-5,10,15H,3,6-9,11H2,1-2H3. The van der Waals surface area contributed by atoms with Gasteiger partial charge in [0.2, 0.25) is 0 Å². The van der Waals surface area contributed by atoms with Crippen LogP contribution in [0.15, 0.2) is 18.2 Å². The molecule has 0 bridgehead atoms. The predicted molar refractivity (Wildman–Crippen MR) is 77.5 cm³/mol. The van der Waals surface area contributed by atoms with Crippen molar-refractivity contribution in [3.05, 3.63) is 35.1 Å². The minimum atomic E-state index is -0.255. The first-order chi connectivity index (χ1) is 10.1. The van der Waals surface area contributed by atoms with Gasteiger partial charge in [-0.25, -0.2) is 4.39 Å². The molecule has 0 aromatic heterocycles. The number of esters is 1. The monoisotopic (exact) mass is 295 g/mol. The molecule has 1 fully saturated rings. The molecule has 0 N–H and O–H groups in total. The van der Waals surface area contributed by atoms with Crippen molar-refractivity contribution < 1.29 is 18.7 Å². The van der Waals surface area contributed by atoms with Gasteiger partial charge in [-0.15, -0.1) is 0 Å². The lowest BCUT2D eigenvalue weighted by Gasteiger charge is -2.34. The molecule has 0 radical (unpaired) electrons. The Bertz CT molecular complexity index is 486. The van der Waals surface area contributed by atoms with E-state index in [1.165, 1.54) is 6.07 Å². The Morgan fingerprint density at radius 1 is 1.43 bits per heavy atom. The summed E-state index contributed by atoms with van der Waals surface area (Å²) in [5.74, 6) is -0.496. The molecule has 1 aromatic rings. The van der Waals surface area contributed by atoms with Crippen LogP contribution in [-0.4, -0.2) is 43.8 Å². The van der Waals surface area contributed by atoms with Crippen LogP contribution in [-0.2, 0) is 14.3 Å². The van der Waals surface area contributed by atoms with E-state index in [0.717, 1.165) is 18.7 Å². The third-order valence-electron chi connectivity index (χ3n) is 3.73. The van der Waals surface area contributed by atoms with E-state index in [4.69, 9.17) is 9.47 Å². The highest BCUT2D eigenvalue weighted by molar-refractivity contribution is 5.70. The Kier molecular flexibility index (Phi) is 5.70. The highest BCUT2D eigenvalue weighted by Crippen LogP contribution is 2.27. The van der Waals surface area contributed by atoms with Gasteiger partial charge in [0.15, 0.2) is 0 Å². The first kappa shape index (κ1) is 15.9. The van der Waals surface area contributed by atoms with Gasteiger partial charge in [0.25, 0.3) is 0 Å². The van der Waals surface area contributed by atoms with Crippen LogP contribution in [0.4, 0.5) is 4.39 Å². The maximum Gasteiger partial charge on any atom is 0.307 e. The summed E-state index contributed by atoms with van der Waals surface area (Å²) in [6.07, 6.45) is 0.232. The van der Waals surface area contributed by atoms with E-state index in [1.807, 2.05) is 6.07 Å². The van der Waals surface area contributed by atoms with Crippen LogP contribution in [0.1, 0.15) is 30.5 Å². The van der Waals surface area contributed by atoms with E-state index in [0.29, 0.717) is 25.4 Å². The predicted octanol–water partition coefficient (Wildman–Crippen LogP) is 2.46. The van der Waals surface area contributed by atoms with Crippen LogP contribution in [0.25, 0.3) is 0 Å². The largest absolute Gasteiger partial charge is 0.466 e. The van der Waals surface area contributed by atoms with E-state index < -0.39 is 0 Å². The summed E-state index contributed by atoms with van der Waals surface area (Å²) in [7, 11) is 0. The molecule has 1 heterocycles. The number of rotatable bonds is 5. The van der Waals surface area contributed by atoms with Crippen molar-refractivity contribution in [3.63, 3.8) is 0 Å². The summed E-state index contributed by atoms with van der Waals surface area (Å²) in [5, 5.41) is 0. The summed E-state index contributed by atoms with van der Waals surface area (Å²) in [6, 6.07) is 5.00.